The summed E-state index contributed by atoms with van der Waals surface area (Å²) in [6.45, 7) is 7.90. The van der Waals surface area contributed by atoms with Gasteiger partial charge in [-0.05, 0) is 50.0 Å². The van der Waals surface area contributed by atoms with E-state index in [9.17, 15) is 0 Å². The van der Waals surface area contributed by atoms with E-state index in [2.05, 4.69) is 19.2 Å². The Bertz CT molecular complexity index is 187. The van der Waals surface area contributed by atoms with Crippen molar-refractivity contribution >= 4 is 0 Å². The van der Waals surface area contributed by atoms with Crippen molar-refractivity contribution in [3.8, 4) is 0 Å². The van der Waals surface area contributed by atoms with E-state index < -0.39 is 0 Å². The van der Waals surface area contributed by atoms with Crippen LogP contribution >= 0.6 is 0 Å². The zero-order valence-corrected chi connectivity index (χ0v) is 10.2. The van der Waals surface area contributed by atoms with E-state index in [0.717, 1.165) is 37.0 Å². The van der Waals surface area contributed by atoms with Crippen molar-refractivity contribution in [2.75, 3.05) is 19.8 Å². The van der Waals surface area contributed by atoms with Crippen molar-refractivity contribution in [3.63, 3.8) is 0 Å². The SMILES string of the molecule is CC(C)CC1NCCC1C1CCOCC1. The summed E-state index contributed by atoms with van der Waals surface area (Å²) in [5, 5.41) is 3.69. The van der Waals surface area contributed by atoms with Crippen LogP contribution in [0.4, 0.5) is 0 Å². The van der Waals surface area contributed by atoms with Gasteiger partial charge >= 0.3 is 0 Å². The number of ether oxygens (including phenoxy) is 1. The highest BCUT2D eigenvalue weighted by Gasteiger charge is 2.34. The second kappa shape index (κ2) is 5.31. The lowest BCUT2D eigenvalue weighted by atomic mass is 9.79. The average molecular weight is 211 g/mol. The largest absolute Gasteiger partial charge is 0.381 e. The molecule has 0 aromatic rings. The predicted molar refractivity (Wildman–Crippen MR) is 62.9 cm³/mol. The predicted octanol–water partition coefficient (Wildman–Crippen LogP) is 2.44. The van der Waals surface area contributed by atoms with Crippen LogP contribution in [0.15, 0.2) is 0 Å². The standard InChI is InChI=1S/C13H25NO/c1-10(2)9-13-12(3-6-14-13)11-4-7-15-8-5-11/h10-14H,3-9H2,1-2H3. The summed E-state index contributed by atoms with van der Waals surface area (Å²) < 4.78 is 5.46. The molecule has 0 aromatic carbocycles. The molecule has 2 aliphatic rings. The lowest BCUT2D eigenvalue weighted by molar-refractivity contribution is 0.0429. The van der Waals surface area contributed by atoms with Crippen LogP contribution in [0.2, 0.25) is 0 Å². The van der Waals surface area contributed by atoms with Crippen LogP contribution in [0.1, 0.15) is 39.5 Å². The third-order valence-corrected chi connectivity index (χ3v) is 4.00. The molecule has 0 saturated carbocycles. The van der Waals surface area contributed by atoms with Crippen molar-refractivity contribution in [2.45, 2.75) is 45.6 Å². The molecule has 2 rings (SSSR count). The third-order valence-electron chi connectivity index (χ3n) is 4.00. The second-order valence-corrected chi connectivity index (χ2v) is 5.59. The van der Waals surface area contributed by atoms with E-state index in [-0.39, 0.29) is 0 Å². The Morgan fingerprint density at radius 1 is 1.20 bits per heavy atom. The first-order chi connectivity index (χ1) is 7.27. The summed E-state index contributed by atoms with van der Waals surface area (Å²) >= 11 is 0. The Morgan fingerprint density at radius 2 is 1.93 bits per heavy atom. The summed E-state index contributed by atoms with van der Waals surface area (Å²) in [7, 11) is 0. The van der Waals surface area contributed by atoms with E-state index in [1.165, 1.54) is 32.2 Å². The van der Waals surface area contributed by atoms with Crippen LogP contribution in [0.25, 0.3) is 0 Å². The summed E-state index contributed by atoms with van der Waals surface area (Å²) in [5.41, 5.74) is 0. The molecule has 88 valence electrons. The molecule has 0 aliphatic carbocycles. The molecule has 2 heteroatoms. The molecule has 1 N–H and O–H groups in total. The molecule has 0 radical (unpaired) electrons. The van der Waals surface area contributed by atoms with Gasteiger partial charge in [-0.15, -0.1) is 0 Å². The highest BCUT2D eigenvalue weighted by molar-refractivity contribution is 4.89. The van der Waals surface area contributed by atoms with Crippen molar-refractivity contribution in [2.24, 2.45) is 17.8 Å². The van der Waals surface area contributed by atoms with Gasteiger partial charge in [0, 0.05) is 19.3 Å². The molecule has 2 fully saturated rings. The Balaban J connectivity index is 1.88. The highest BCUT2D eigenvalue weighted by atomic mass is 16.5. The van der Waals surface area contributed by atoms with Crippen LogP contribution in [0, 0.1) is 17.8 Å². The van der Waals surface area contributed by atoms with Crippen LogP contribution in [0.5, 0.6) is 0 Å². The Hall–Kier alpha value is -0.0800. The maximum atomic E-state index is 5.46. The molecule has 2 atom stereocenters. The fourth-order valence-electron chi connectivity index (χ4n) is 3.26. The third kappa shape index (κ3) is 2.94. The Labute approximate surface area is 93.8 Å². The summed E-state index contributed by atoms with van der Waals surface area (Å²) in [6.07, 6.45) is 5.33. The normalized spacial score (nSPS) is 33.8. The van der Waals surface area contributed by atoms with E-state index in [1.54, 1.807) is 0 Å². The molecular weight excluding hydrogens is 186 g/mol. The van der Waals surface area contributed by atoms with Crippen LogP contribution in [-0.2, 0) is 4.74 Å². The lowest BCUT2D eigenvalue weighted by Gasteiger charge is -2.32. The Kier molecular flexibility index (Phi) is 4.04. The zero-order valence-electron chi connectivity index (χ0n) is 10.2. The van der Waals surface area contributed by atoms with Gasteiger partial charge in [-0.2, -0.15) is 0 Å². The van der Waals surface area contributed by atoms with Crippen LogP contribution in [0.3, 0.4) is 0 Å². The maximum Gasteiger partial charge on any atom is 0.0468 e. The Morgan fingerprint density at radius 3 is 2.60 bits per heavy atom. The minimum atomic E-state index is 0.785. The van der Waals surface area contributed by atoms with Gasteiger partial charge in [0.2, 0.25) is 0 Å². The molecule has 2 nitrogen and oxygen atoms in total. The van der Waals surface area contributed by atoms with Gasteiger partial charge in [0.05, 0.1) is 0 Å². The smallest absolute Gasteiger partial charge is 0.0468 e. The minimum absolute atomic E-state index is 0.785. The van der Waals surface area contributed by atoms with Crippen molar-refractivity contribution < 1.29 is 4.74 Å². The van der Waals surface area contributed by atoms with Crippen molar-refractivity contribution in [1.29, 1.82) is 0 Å². The van der Waals surface area contributed by atoms with Crippen molar-refractivity contribution in [3.05, 3.63) is 0 Å². The van der Waals surface area contributed by atoms with E-state index in [1.807, 2.05) is 0 Å². The van der Waals surface area contributed by atoms with E-state index in [0.29, 0.717) is 0 Å². The fourth-order valence-corrected chi connectivity index (χ4v) is 3.26. The molecule has 2 aliphatic heterocycles. The summed E-state index contributed by atoms with van der Waals surface area (Å²) in [6, 6.07) is 0.785. The van der Waals surface area contributed by atoms with Gasteiger partial charge in [0.15, 0.2) is 0 Å². The first-order valence-electron chi connectivity index (χ1n) is 6.58. The summed E-state index contributed by atoms with van der Waals surface area (Å²) in [4.78, 5) is 0. The van der Waals surface area contributed by atoms with Gasteiger partial charge in [0.25, 0.3) is 0 Å². The fraction of sp³-hybridized carbons (Fsp3) is 1.00. The molecule has 2 unspecified atom stereocenters. The number of rotatable bonds is 3. The summed E-state index contributed by atoms with van der Waals surface area (Å²) in [5.74, 6) is 2.68. The van der Waals surface area contributed by atoms with Gasteiger partial charge in [-0.1, -0.05) is 13.8 Å². The van der Waals surface area contributed by atoms with Gasteiger partial charge < -0.3 is 10.1 Å². The number of hydrogen-bond donors (Lipinski definition) is 1. The molecule has 2 saturated heterocycles. The molecule has 0 spiro atoms. The van der Waals surface area contributed by atoms with Crippen LogP contribution < -0.4 is 5.32 Å². The topological polar surface area (TPSA) is 21.3 Å². The highest BCUT2D eigenvalue weighted by Crippen LogP contribution is 2.33. The van der Waals surface area contributed by atoms with Gasteiger partial charge in [-0.3, -0.25) is 0 Å². The maximum absolute atomic E-state index is 5.46. The van der Waals surface area contributed by atoms with Crippen molar-refractivity contribution in [1.82, 2.24) is 5.32 Å². The molecule has 0 amide bonds. The first kappa shape index (κ1) is 11.4. The number of nitrogens with one attached hydrogen (secondary N) is 1. The zero-order chi connectivity index (χ0) is 10.7. The van der Waals surface area contributed by atoms with Crippen LogP contribution in [-0.4, -0.2) is 25.8 Å². The molecule has 0 aromatic heterocycles. The molecule has 0 bridgehead atoms. The van der Waals surface area contributed by atoms with E-state index in [4.69, 9.17) is 4.74 Å². The lowest BCUT2D eigenvalue weighted by Crippen LogP contribution is -2.34. The monoisotopic (exact) mass is 211 g/mol. The molecular formula is C13H25NO. The molecule has 15 heavy (non-hydrogen) atoms. The second-order valence-electron chi connectivity index (χ2n) is 5.59. The van der Waals surface area contributed by atoms with E-state index >= 15 is 0 Å². The first-order valence-corrected chi connectivity index (χ1v) is 6.58. The quantitative estimate of drug-likeness (QED) is 0.774. The van der Waals surface area contributed by atoms with Gasteiger partial charge in [-0.25, -0.2) is 0 Å². The number of hydrogen-bond acceptors (Lipinski definition) is 2. The molecule has 2 heterocycles. The average Bonchev–Trinajstić information content (AvgIpc) is 2.66. The van der Waals surface area contributed by atoms with Gasteiger partial charge in [0.1, 0.15) is 0 Å². The minimum Gasteiger partial charge on any atom is -0.381 e.